The van der Waals surface area contributed by atoms with E-state index in [4.69, 9.17) is 5.11 Å². The molecule has 0 aromatic rings. The van der Waals surface area contributed by atoms with Gasteiger partial charge in [-0.15, -0.1) is 0 Å². The normalized spacial score (nSPS) is 32.8. The zero-order chi connectivity index (χ0) is 14.7. The van der Waals surface area contributed by atoms with E-state index in [1.165, 1.54) is 6.42 Å². The first-order valence-electron chi connectivity index (χ1n) is 7.75. The number of rotatable bonds is 5. The summed E-state index contributed by atoms with van der Waals surface area (Å²) in [7, 11) is 0. The topological polar surface area (TPSA) is 78.4 Å². The Morgan fingerprint density at radius 2 is 1.80 bits per heavy atom. The van der Waals surface area contributed by atoms with Gasteiger partial charge in [-0.05, 0) is 50.4 Å². The van der Waals surface area contributed by atoms with Gasteiger partial charge in [-0.25, -0.2) is 4.79 Å². The molecule has 5 heteroatoms. The highest BCUT2D eigenvalue weighted by atomic mass is 16.4. The van der Waals surface area contributed by atoms with Crippen molar-refractivity contribution < 1.29 is 14.7 Å². The van der Waals surface area contributed by atoms with Crippen LogP contribution in [0.3, 0.4) is 0 Å². The first-order chi connectivity index (χ1) is 9.45. The Morgan fingerprint density at radius 1 is 1.15 bits per heavy atom. The molecule has 2 fully saturated rings. The van der Waals surface area contributed by atoms with E-state index in [0.29, 0.717) is 30.7 Å². The highest BCUT2D eigenvalue weighted by molar-refractivity contribution is 5.75. The van der Waals surface area contributed by atoms with Gasteiger partial charge in [-0.3, -0.25) is 4.79 Å². The maximum Gasteiger partial charge on any atom is 0.315 e. The molecule has 0 aromatic carbocycles. The SMILES string of the molecule is CC(C)C[C@@H]1C[C@H]1NC(=O)NC1CCC(C(=O)O)CC1. The van der Waals surface area contributed by atoms with Crippen LogP contribution in [-0.4, -0.2) is 29.2 Å². The molecule has 0 radical (unpaired) electrons. The van der Waals surface area contributed by atoms with Gasteiger partial charge in [0.2, 0.25) is 0 Å². The Balaban J connectivity index is 1.63. The highest BCUT2D eigenvalue weighted by Gasteiger charge is 2.38. The second-order valence-corrected chi connectivity index (χ2v) is 6.74. The van der Waals surface area contributed by atoms with E-state index in [0.717, 1.165) is 19.3 Å². The molecule has 2 rings (SSSR count). The van der Waals surface area contributed by atoms with Crippen LogP contribution in [0.2, 0.25) is 0 Å². The third-order valence-electron chi connectivity index (χ3n) is 4.42. The van der Waals surface area contributed by atoms with Crippen molar-refractivity contribution in [1.82, 2.24) is 10.6 Å². The number of nitrogens with one attached hydrogen (secondary N) is 2. The largest absolute Gasteiger partial charge is 0.481 e. The van der Waals surface area contributed by atoms with Crippen molar-refractivity contribution in [2.24, 2.45) is 17.8 Å². The highest BCUT2D eigenvalue weighted by Crippen LogP contribution is 2.36. The van der Waals surface area contributed by atoms with Crippen molar-refractivity contribution >= 4 is 12.0 Å². The number of carboxylic acid groups (broad SMARTS) is 1. The molecule has 114 valence electrons. The molecule has 0 saturated heterocycles. The summed E-state index contributed by atoms with van der Waals surface area (Å²) in [5, 5.41) is 14.9. The van der Waals surface area contributed by atoms with Crippen LogP contribution in [0.1, 0.15) is 52.4 Å². The summed E-state index contributed by atoms with van der Waals surface area (Å²) in [6.07, 6.45) is 5.14. The number of carbonyl (C=O) groups is 2. The smallest absolute Gasteiger partial charge is 0.315 e. The van der Waals surface area contributed by atoms with Crippen LogP contribution in [0.15, 0.2) is 0 Å². The molecule has 0 aromatic heterocycles. The molecule has 0 aliphatic heterocycles. The van der Waals surface area contributed by atoms with E-state index in [1.54, 1.807) is 0 Å². The molecule has 2 amide bonds. The summed E-state index contributed by atoms with van der Waals surface area (Å²) in [6, 6.07) is 0.390. The molecule has 2 aliphatic carbocycles. The number of hydrogen-bond donors (Lipinski definition) is 3. The molecule has 0 heterocycles. The second kappa shape index (κ2) is 6.46. The van der Waals surface area contributed by atoms with Gasteiger partial charge in [-0.1, -0.05) is 13.8 Å². The predicted molar refractivity (Wildman–Crippen MR) is 76.4 cm³/mol. The minimum atomic E-state index is -0.706. The number of urea groups is 1. The van der Waals surface area contributed by atoms with E-state index >= 15 is 0 Å². The Kier molecular flexibility index (Phi) is 4.89. The van der Waals surface area contributed by atoms with Crippen LogP contribution in [0, 0.1) is 17.8 Å². The molecule has 2 saturated carbocycles. The molecule has 0 unspecified atom stereocenters. The Bertz CT molecular complexity index is 362. The standard InChI is InChI=1S/C15H26N2O3/c1-9(2)7-11-8-13(11)17-15(20)16-12-5-3-10(4-6-12)14(18)19/h9-13H,3-8H2,1-2H3,(H,18,19)(H2,16,17,20)/t10?,11-,12?,13-/m1/s1. The van der Waals surface area contributed by atoms with E-state index in [9.17, 15) is 9.59 Å². The number of aliphatic carboxylic acids is 1. The molecule has 0 bridgehead atoms. The van der Waals surface area contributed by atoms with Gasteiger partial charge in [0.25, 0.3) is 0 Å². The van der Waals surface area contributed by atoms with Crippen LogP contribution in [-0.2, 0) is 4.79 Å². The summed E-state index contributed by atoms with van der Waals surface area (Å²) < 4.78 is 0. The molecule has 2 aliphatic rings. The summed E-state index contributed by atoms with van der Waals surface area (Å²) in [6.45, 7) is 4.41. The number of hydrogen-bond acceptors (Lipinski definition) is 2. The van der Waals surface area contributed by atoms with Crippen molar-refractivity contribution in [3.63, 3.8) is 0 Å². The van der Waals surface area contributed by atoms with Gasteiger partial charge in [0.05, 0.1) is 5.92 Å². The van der Waals surface area contributed by atoms with E-state index in [1.807, 2.05) is 0 Å². The van der Waals surface area contributed by atoms with Crippen LogP contribution >= 0.6 is 0 Å². The van der Waals surface area contributed by atoms with Gasteiger partial charge < -0.3 is 15.7 Å². The van der Waals surface area contributed by atoms with Crippen LogP contribution in [0.5, 0.6) is 0 Å². The van der Waals surface area contributed by atoms with Gasteiger partial charge in [-0.2, -0.15) is 0 Å². The summed E-state index contributed by atoms with van der Waals surface area (Å²) in [4.78, 5) is 22.7. The fourth-order valence-corrected chi connectivity index (χ4v) is 3.17. The van der Waals surface area contributed by atoms with E-state index < -0.39 is 5.97 Å². The van der Waals surface area contributed by atoms with Crippen molar-refractivity contribution in [1.29, 1.82) is 0 Å². The monoisotopic (exact) mass is 282 g/mol. The minimum absolute atomic E-state index is 0.0833. The fourth-order valence-electron chi connectivity index (χ4n) is 3.17. The molecular weight excluding hydrogens is 256 g/mol. The van der Waals surface area contributed by atoms with E-state index in [2.05, 4.69) is 24.5 Å². The molecule has 20 heavy (non-hydrogen) atoms. The van der Waals surface area contributed by atoms with Crippen molar-refractivity contribution in [3.05, 3.63) is 0 Å². The summed E-state index contributed by atoms with van der Waals surface area (Å²) >= 11 is 0. The lowest BCUT2D eigenvalue weighted by Gasteiger charge is -2.26. The maximum absolute atomic E-state index is 11.9. The Morgan fingerprint density at radius 3 is 2.35 bits per heavy atom. The number of amides is 2. The average Bonchev–Trinajstić information content (AvgIpc) is 3.06. The van der Waals surface area contributed by atoms with Crippen molar-refractivity contribution in [2.75, 3.05) is 0 Å². The zero-order valence-corrected chi connectivity index (χ0v) is 12.4. The van der Waals surface area contributed by atoms with Crippen LogP contribution in [0.25, 0.3) is 0 Å². The quantitative estimate of drug-likeness (QED) is 0.724. The number of carbonyl (C=O) groups excluding carboxylic acids is 1. The molecule has 3 N–H and O–H groups in total. The first-order valence-corrected chi connectivity index (χ1v) is 7.75. The fraction of sp³-hybridized carbons (Fsp3) is 0.867. The zero-order valence-electron chi connectivity index (χ0n) is 12.4. The molecular formula is C15H26N2O3. The van der Waals surface area contributed by atoms with Gasteiger partial charge in [0.1, 0.15) is 0 Å². The lowest BCUT2D eigenvalue weighted by atomic mass is 9.86. The van der Waals surface area contributed by atoms with Crippen LogP contribution in [0.4, 0.5) is 4.79 Å². The minimum Gasteiger partial charge on any atom is -0.481 e. The molecule has 0 spiro atoms. The van der Waals surface area contributed by atoms with Crippen molar-refractivity contribution in [3.8, 4) is 0 Å². The lowest BCUT2D eigenvalue weighted by Crippen LogP contribution is -2.45. The number of carboxylic acids is 1. The first kappa shape index (κ1) is 15.1. The third kappa shape index (κ3) is 4.39. The summed E-state index contributed by atoms with van der Waals surface area (Å²) in [5.74, 6) is 0.391. The van der Waals surface area contributed by atoms with Crippen molar-refractivity contribution in [2.45, 2.75) is 64.5 Å². The maximum atomic E-state index is 11.9. The van der Waals surface area contributed by atoms with Crippen LogP contribution < -0.4 is 10.6 Å². The summed E-state index contributed by atoms with van der Waals surface area (Å²) in [5.41, 5.74) is 0. The Hall–Kier alpha value is -1.26. The predicted octanol–water partition coefficient (Wildman–Crippen LogP) is 2.36. The Labute approximate surface area is 120 Å². The average molecular weight is 282 g/mol. The van der Waals surface area contributed by atoms with Gasteiger partial charge >= 0.3 is 12.0 Å². The van der Waals surface area contributed by atoms with Gasteiger partial charge in [0, 0.05) is 12.1 Å². The lowest BCUT2D eigenvalue weighted by molar-refractivity contribution is -0.142. The van der Waals surface area contributed by atoms with E-state index in [-0.39, 0.29) is 18.0 Å². The molecule has 2 atom stereocenters. The third-order valence-corrected chi connectivity index (χ3v) is 4.42. The molecule has 5 nitrogen and oxygen atoms in total. The van der Waals surface area contributed by atoms with Gasteiger partial charge in [0.15, 0.2) is 0 Å². The second-order valence-electron chi connectivity index (χ2n) is 6.74.